The van der Waals surface area contributed by atoms with Gasteiger partial charge in [0.15, 0.2) is 11.5 Å². The second-order valence-electron chi connectivity index (χ2n) is 6.08. The molecule has 6 nitrogen and oxygen atoms in total. The van der Waals surface area contributed by atoms with E-state index in [2.05, 4.69) is 4.98 Å². The van der Waals surface area contributed by atoms with Crippen molar-refractivity contribution in [2.24, 2.45) is 0 Å². The molecule has 0 radical (unpaired) electrons. The number of carboxylic acids is 1. The van der Waals surface area contributed by atoms with Crippen molar-refractivity contribution in [3.05, 3.63) is 59.8 Å². The highest BCUT2D eigenvalue weighted by molar-refractivity contribution is 5.85. The summed E-state index contributed by atoms with van der Waals surface area (Å²) in [6.07, 6.45) is 2.00. The maximum atomic E-state index is 11.9. The summed E-state index contributed by atoms with van der Waals surface area (Å²) < 4.78 is 15.9. The fourth-order valence-electron chi connectivity index (χ4n) is 3.11. The lowest BCUT2D eigenvalue weighted by Crippen LogP contribution is -2.15. The van der Waals surface area contributed by atoms with E-state index in [-0.39, 0.29) is 0 Å². The van der Waals surface area contributed by atoms with Crippen molar-refractivity contribution in [3.63, 3.8) is 0 Å². The quantitative estimate of drug-likeness (QED) is 0.686. The smallest absolute Gasteiger partial charge is 0.311 e. The van der Waals surface area contributed by atoms with Crippen molar-refractivity contribution in [1.29, 1.82) is 0 Å². The van der Waals surface area contributed by atoms with E-state index in [1.807, 2.05) is 24.3 Å². The minimum absolute atomic E-state index is 0.297. The highest BCUT2D eigenvalue weighted by Crippen LogP contribution is 2.33. The number of rotatable bonds is 7. The Hall–Kier alpha value is -3.28. The average molecular weight is 367 g/mol. The Balaban J connectivity index is 1.98. The molecule has 0 aliphatic rings. The summed E-state index contributed by atoms with van der Waals surface area (Å²) in [4.78, 5) is 16.4. The minimum Gasteiger partial charge on any atom is -0.496 e. The Morgan fingerprint density at radius 1 is 1.00 bits per heavy atom. The van der Waals surface area contributed by atoms with Crippen LogP contribution >= 0.6 is 0 Å². The van der Waals surface area contributed by atoms with Crippen LogP contribution in [0.4, 0.5) is 0 Å². The third-order valence-electron chi connectivity index (χ3n) is 4.51. The molecule has 1 N–H and O–H groups in total. The topological polar surface area (TPSA) is 77.9 Å². The molecule has 140 valence electrons. The van der Waals surface area contributed by atoms with Gasteiger partial charge in [-0.3, -0.25) is 9.78 Å². The molecule has 0 saturated heterocycles. The van der Waals surface area contributed by atoms with Crippen LogP contribution in [0.25, 0.3) is 10.9 Å². The maximum absolute atomic E-state index is 11.9. The molecule has 3 aromatic rings. The van der Waals surface area contributed by atoms with Crippen LogP contribution in [-0.2, 0) is 11.2 Å². The van der Waals surface area contributed by atoms with E-state index in [1.54, 1.807) is 38.6 Å². The number of hydrogen-bond acceptors (Lipinski definition) is 5. The molecule has 27 heavy (non-hydrogen) atoms. The molecule has 0 saturated carbocycles. The molecular weight excluding hydrogens is 346 g/mol. The third-order valence-corrected chi connectivity index (χ3v) is 4.51. The predicted octanol–water partition coefficient (Wildman–Crippen LogP) is 3.67. The predicted molar refractivity (Wildman–Crippen MR) is 102 cm³/mol. The lowest BCUT2D eigenvalue weighted by Gasteiger charge is -2.16. The molecule has 0 aliphatic carbocycles. The molecule has 0 spiro atoms. The SMILES string of the molecule is COc1ccc(C(Cc2cnc3cccc(OC)c3c2)C(=O)O)cc1OC. The van der Waals surface area contributed by atoms with E-state index >= 15 is 0 Å². The summed E-state index contributed by atoms with van der Waals surface area (Å²) in [5.74, 6) is 0.114. The van der Waals surface area contributed by atoms with Crippen molar-refractivity contribution in [3.8, 4) is 17.2 Å². The van der Waals surface area contributed by atoms with Gasteiger partial charge >= 0.3 is 5.97 Å². The highest BCUT2D eigenvalue weighted by atomic mass is 16.5. The van der Waals surface area contributed by atoms with E-state index in [1.165, 1.54) is 7.11 Å². The fourth-order valence-corrected chi connectivity index (χ4v) is 3.11. The lowest BCUT2D eigenvalue weighted by atomic mass is 9.92. The van der Waals surface area contributed by atoms with Gasteiger partial charge in [-0.25, -0.2) is 0 Å². The first-order valence-corrected chi connectivity index (χ1v) is 8.43. The van der Waals surface area contributed by atoms with Gasteiger partial charge in [-0.05, 0) is 47.9 Å². The second kappa shape index (κ2) is 7.95. The average Bonchev–Trinajstić information content (AvgIpc) is 2.70. The van der Waals surface area contributed by atoms with E-state index in [9.17, 15) is 9.90 Å². The van der Waals surface area contributed by atoms with Gasteiger partial charge in [-0.2, -0.15) is 0 Å². The van der Waals surface area contributed by atoms with Crippen molar-refractivity contribution in [1.82, 2.24) is 4.98 Å². The Bertz CT molecular complexity index is 970. The molecule has 0 bridgehead atoms. The van der Waals surface area contributed by atoms with Crippen molar-refractivity contribution in [2.75, 3.05) is 21.3 Å². The molecule has 2 aromatic carbocycles. The van der Waals surface area contributed by atoms with Crippen molar-refractivity contribution < 1.29 is 24.1 Å². The molecule has 1 aromatic heterocycles. The third kappa shape index (κ3) is 3.79. The zero-order chi connectivity index (χ0) is 19.4. The second-order valence-corrected chi connectivity index (χ2v) is 6.08. The number of aliphatic carboxylic acids is 1. The Morgan fingerprint density at radius 3 is 2.41 bits per heavy atom. The Kier molecular flexibility index (Phi) is 5.45. The summed E-state index contributed by atoms with van der Waals surface area (Å²) in [6, 6.07) is 12.7. The zero-order valence-corrected chi connectivity index (χ0v) is 15.4. The summed E-state index contributed by atoms with van der Waals surface area (Å²) in [7, 11) is 4.67. The number of pyridine rings is 1. The molecule has 1 heterocycles. The van der Waals surface area contributed by atoms with Crippen molar-refractivity contribution in [2.45, 2.75) is 12.3 Å². The van der Waals surface area contributed by atoms with Crippen molar-refractivity contribution >= 4 is 16.9 Å². The monoisotopic (exact) mass is 367 g/mol. The molecule has 1 unspecified atom stereocenters. The van der Waals surface area contributed by atoms with Gasteiger partial charge in [0.05, 0.1) is 32.8 Å². The molecule has 0 amide bonds. The standard InChI is InChI=1S/C21H21NO5/c1-25-18-6-4-5-17-16(18)10-13(12-22-17)9-15(21(23)24)14-7-8-19(26-2)20(11-14)27-3/h4-8,10-12,15H,9H2,1-3H3,(H,23,24). The number of carbonyl (C=O) groups is 1. The molecular formula is C21H21NO5. The Morgan fingerprint density at radius 2 is 1.74 bits per heavy atom. The van der Waals surface area contributed by atoms with Gasteiger partial charge in [0.1, 0.15) is 5.75 Å². The van der Waals surface area contributed by atoms with Crippen LogP contribution in [0.2, 0.25) is 0 Å². The highest BCUT2D eigenvalue weighted by Gasteiger charge is 2.22. The first-order valence-electron chi connectivity index (χ1n) is 8.43. The van der Waals surface area contributed by atoms with Gasteiger partial charge in [0.25, 0.3) is 0 Å². The number of hydrogen-bond donors (Lipinski definition) is 1. The number of aromatic nitrogens is 1. The maximum Gasteiger partial charge on any atom is 0.311 e. The van der Waals surface area contributed by atoms with Crippen LogP contribution in [0.5, 0.6) is 17.2 Å². The van der Waals surface area contributed by atoms with Gasteiger partial charge in [0, 0.05) is 11.6 Å². The van der Waals surface area contributed by atoms with Crippen LogP contribution in [0, 0.1) is 0 Å². The van der Waals surface area contributed by atoms with E-state index in [0.717, 1.165) is 16.5 Å². The number of carboxylic acid groups (broad SMARTS) is 1. The first kappa shape index (κ1) is 18.5. The minimum atomic E-state index is -0.914. The van der Waals surface area contributed by atoms with E-state index in [0.29, 0.717) is 29.2 Å². The number of benzene rings is 2. The summed E-state index contributed by atoms with van der Waals surface area (Å²) in [5, 5.41) is 10.6. The van der Waals surface area contributed by atoms with Gasteiger partial charge < -0.3 is 19.3 Å². The fraction of sp³-hybridized carbons (Fsp3) is 0.238. The number of fused-ring (bicyclic) bond motifs is 1. The molecule has 0 fully saturated rings. The molecule has 0 aliphatic heterocycles. The Labute approximate surface area is 157 Å². The van der Waals surface area contributed by atoms with Crippen LogP contribution in [-0.4, -0.2) is 37.4 Å². The van der Waals surface area contributed by atoms with Gasteiger partial charge in [-0.1, -0.05) is 12.1 Å². The molecule has 3 rings (SSSR count). The van der Waals surface area contributed by atoms with Gasteiger partial charge in [-0.15, -0.1) is 0 Å². The largest absolute Gasteiger partial charge is 0.496 e. The lowest BCUT2D eigenvalue weighted by molar-refractivity contribution is -0.138. The number of nitrogens with zero attached hydrogens (tertiary/aromatic N) is 1. The molecule has 1 atom stereocenters. The van der Waals surface area contributed by atoms with Gasteiger partial charge in [0.2, 0.25) is 0 Å². The zero-order valence-electron chi connectivity index (χ0n) is 15.4. The summed E-state index contributed by atoms with van der Waals surface area (Å²) >= 11 is 0. The van der Waals surface area contributed by atoms with Crippen LogP contribution < -0.4 is 14.2 Å². The molecule has 6 heteroatoms. The summed E-state index contributed by atoms with van der Waals surface area (Å²) in [6.45, 7) is 0. The number of ether oxygens (including phenoxy) is 3. The van der Waals surface area contributed by atoms with Crippen LogP contribution in [0.15, 0.2) is 48.7 Å². The van der Waals surface area contributed by atoms with E-state index < -0.39 is 11.9 Å². The van der Waals surface area contributed by atoms with Crippen LogP contribution in [0.1, 0.15) is 17.0 Å². The van der Waals surface area contributed by atoms with Crippen LogP contribution in [0.3, 0.4) is 0 Å². The first-order chi connectivity index (χ1) is 13.1. The number of methoxy groups -OCH3 is 3. The summed E-state index contributed by atoms with van der Waals surface area (Å²) in [5.41, 5.74) is 2.26. The normalized spacial score (nSPS) is 11.8. The van der Waals surface area contributed by atoms with E-state index in [4.69, 9.17) is 14.2 Å².